The van der Waals surface area contributed by atoms with Gasteiger partial charge in [-0.3, -0.25) is 48.1 Å². The Morgan fingerprint density at radius 2 is 1.29 bits per heavy atom. The number of guanidine groups is 1. The summed E-state index contributed by atoms with van der Waals surface area (Å²) in [6.07, 6.45) is 10.9. The maximum absolute atomic E-state index is 15.0. The van der Waals surface area contributed by atoms with Gasteiger partial charge in [0.05, 0.1) is 18.1 Å². The van der Waals surface area contributed by atoms with Gasteiger partial charge in [0.25, 0.3) is 0 Å². The summed E-state index contributed by atoms with van der Waals surface area (Å²) in [7, 11) is 5.16. The van der Waals surface area contributed by atoms with Crippen LogP contribution < -0.4 is 43.4 Å². The van der Waals surface area contributed by atoms with E-state index >= 15 is 4.79 Å². The Labute approximate surface area is 529 Å². The highest BCUT2D eigenvalue weighted by Crippen LogP contribution is 2.26. The zero-order chi connectivity index (χ0) is 65.7. The number of benzene rings is 1. The van der Waals surface area contributed by atoms with Crippen LogP contribution in [0.3, 0.4) is 0 Å². The molecule has 3 aliphatic rings. The Bertz CT molecular complexity index is 2430. The fraction of sp³-hybridized carbons (Fsp3) is 0.754. The highest BCUT2D eigenvalue weighted by molar-refractivity contribution is 5.98. The van der Waals surface area contributed by atoms with Crippen molar-refractivity contribution < 1.29 is 53.4 Å². The first-order valence-corrected chi connectivity index (χ1v) is 33.1. The van der Waals surface area contributed by atoms with Crippen molar-refractivity contribution in [3.8, 4) is 0 Å². The van der Waals surface area contributed by atoms with Crippen LogP contribution in [0.4, 0.5) is 0 Å². The number of carbonyl (C=O) groups excluding carboxylic acids is 9. The zero-order valence-electron chi connectivity index (χ0n) is 54.9. The third-order valence-electron chi connectivity index (χ3n) is 17.1. The molecule has 24 nitrogen and oxygen atoms in total. The average Bonchev–Trinajstić information content (AvgIpc) is 2.15. The summed E-state index contributed by atoms with van der Waals surface area (Å²) in [5, 5.41) is 39.5. The number of rotatable bonds is 36. The second kappa shape index (κ2) is 39.0. The number of amides is 9. The number of nitrogens with two attached hydrogens (primary N) is 2. The van der Waals surface area contributed by atoms with Crippen LogP contribution >= 0.6 is 0 Å². The molecule has 3 fully saturated rings. The van der Waals surface area contributed by atoms with Gasteiger partial charge in [0.2, 0.25) is 53.2 Å². The van der Waals surface area contributed by atoms with E-state index in [1.165, 1.54) is 23.8 Å². The van der Waals surface area contributed by atoms with Gasteiger partial charge in [-0.05, 0) is 116 Å². The lowest BCUT2D eigenvalue weighted by Gasteiger charge is -2.35. The lowest BCUT2D eigenvalue weighted by atomic mass is 9.95. The summed E-state index contributed by atoms with van der Waals surface area (Å²) in [6.45, 7) is 12.2. The van der Waals surface area contributed by atoms with E-state index in [1.54, 1.807) is 4.90 Å². The summed E-state index contributed by atoms with van der Waals surface area (Å²) in [5.74, 6) is -6.05. The minimum Gasteiger partial charge on any atom is -0.391 e. The largest absolute Gasteiger partial charge is 0.391 e. The summed E-state index contributed by atoms with van der Waals surface area (Å²) >= 11 is 0. The van der Waals surface area contributed by atoms with E-state index < -0.39 is 102 Å². The van der Waals surface area contributed by atoms with Gasteiger partial charge in [-0.15, -0.1) is 0 Å². The maximum Gasteiger partial charge on any atom is 0.245 e. The van der Waals surface area contributed by atoms with Crippen LogP contribution in [0.1, 0.15) is 182 Å². The standard InChI is InChI=1S/C65H111N13O11/c1-10-11-12-13-21-32-55(81)77-35-23-27-46(40-77)57(82)72-51(38-45-25-17-16-18-26-45)60(85)70-50(31-24-34-75(7)8)59(84)73-52(36-42(2)3)63(88)78-41-48(80)39-54(78)64(89)76(9)53(37-43(4)5)61(86)74-56(44(6)79)62(87)71-49(30-22-33-68-65(66)67)58(83)69-47-28-19-14-15-20-29-47/h16-18,25-26,42-44,46-54,56,79-80H,10-15,19-24,27-41H2,1-9H3,(H,69,83)(H,70,85)(H,71,87)(H,72,82)(H,73,84)(H,74,86)(H4,66,67,68)/t44-,46+,48-,49+,50-,51+,52+,53+,54+,56+/m1/s1. The monoisotopic (exact) mass is 1250 g/mol. The Balaban J connectivity index is 1.55. The van der Waals surface area contributed by atoms with Crippen molar-refractivity contribution in [1.82, 2.24) is 51.5 Å². The van der Waals surface area contributed by atoms with Gasteiger partial charge in [-0.2, -0.15) is 0 Å². The number of nitrogens with one attached hydrogen (secondary N) is 6. The number of likely N-dealkylation sites (tertiary alicyclic amines) is 2. The van der Waals surface area contributed by atoms with E-state index in [-0.39, 0.29) is 93.8 Å². The first kappa shape index (κ1) is 75.1. The minimum atomic E-state index is -1.57. The average molecular weight is 1250 g/mol. The molecule has 0 bridgehead atoms. The van der Waals surface area contributed by atoms with Gasteiger partial charge in [-0.25, -0.2) is 0 Å². The van der Waals surface area contributed by atoms with Gasteiger partial charge < -0.3 is 73.2 Å². The summed E-state index contributed by atoms with van der Waals surface area (Å²) in [5.41, 5.74) is 11.8. The molecule has 1 aromatic rings. The molecule has 9 amide bonds. The number of aliphatic hydroxyl groups excluding tert-OH is 2. The molecule has 2 heterocycles. The van der Waals surface area contributed by atoms with E-state index in [9.17, 15) is 48.6 Å². The van der Waals surface area contributed by atoms with Crippen LogP contribution in [0.5, 0.6) is 0 Å². The first-order valence-electron chi connectivity index (χ1n) is 33.1. The number of aliphatic hydroxyl groups is 2. The fourth-order valence-electron chi connectivity index (χ4n) is 12.1. The summed E-state index contributed by atoms with van der Waals surface area (Å²) in [4.78, 5) is 139. The third kappa shape index (κ3) is 26.2. The quantitative estimate of drug-likeness (QED) is 0.0200. The molecule has 1 saturated carbocycles. The van der Waals surface area contributed by atoms with Crippen molar-refractivity contribution in [3.05, 3.63) is 35.9 Å². The molecule has 502 valence electrons. The molecular formula is C65H111N13O11. The van der Waals surface area contributed by atoms with Crippen LogP contribution in [-0.2, 0) is 49.6 Å². The summed E-state index contributed by atoms with van der Waals surface area (Å²) in [6, 6.07) is 0.417. The maximum atomic E-state index is 15.0. The van der Waals surface area contributed by atoms with E-state index in [4.69, 9.17) is 11.5 Å². The lowest BCUT2D eigenvalue weighted by molar-refractivity contribution is -0.149. The molecule has 0 spiro atoms. The van der Waals surface area contributed by atoms with E-state index in [2.05, 4.69) is 43.8 Å². The van der Waals surface area contributed by atoms with Gasteiger partial charge in [0.15, 0.2) is 5.96 Å². The van der Waals surface area contributed by atoms with Gasteiger partial charge in [0, 0.05) is 58.5 Å². The number of carbonyl (C=O) groups is 9. The van der Waals surface area contributed by atoms with Crippen molar-refractivity contribution in [2.75, 3.05) is 53.9 Å². The van der Waals surface area contributed by atoms with Crippen molar-refractivity contribution in [3.63, 3.8) is 0 Å². The number of unbranched alkanes of at least 4 members (excludes halogenated alkanes) is 4. The molecule has 89 heavy (non-hydrogen) atoms. The van der Waals surface area contributed by atoms with E-state index in [0.717, 1.165) is 76.2 Å². The Kier molecular flexibility index (Phi) is 32.9. The number of hydrogen-bond donors (Lipinski definition) is 10. The molecule has 12 N–H and O–H groups in total. The molecule has 10 atom stereocenters. The number of aliphatic imine (C=N–C) groups is 1. The molecule has 2 saturated heterocycles. The Morgan fingerprint density at radius 1 is 0.674 bits per heavy atom. The van der Waals surface area contributed by atoms with Crippen LogP contribution in [0.2, 0.25) is 0 Å². The van der Waals surface area contributed by atoms with Crippen LogP contribution in [-0.4, -0.2) is 203 Å². The Hall–Kier alpha value is -6.40. The Morgan fingerprint density at radius 3 is 1.92 bits per heavy atom. The topological polar surface area (TPSA) is 344 Å². The molecule has 0 aromatic heterocycles. The van der Waals surface area contributed by atoms with E-state index in [0.29, 0.717) is 45.2 Å². The zero-order valence-corrected chi connectivity index (χ0v) is 54.9. The minimum absolute atomic E-state index is 0.0174. The number of hydrogen-bond acceptors (Lipinski definition) is 13. The third-order valence-corrected chi connectivity index (χ3v) is 17.1. The predicted octanol–water partition coefficient (Wildman–Crippen LogP) is 2.75. The molecule has 4 rings (SSSR count). The second-order valence-electron chi connectivity index (χ2n) is 26.2. The first-order chi connectivity index (χ1) is 42.3. The van der Waals surface area contributed by atoms with Crippen molar-refractivity contribution in [2.45, 2.75) is 243 Å². The molecule has 1 aromatic carbocycles. The van der Waals surface area contributed by atoms with Crippen molar-refractivity contribution in [1.29, 1.82) is 0 Å². The molecule has 0 radical (unpaired) electrons. The lowest BCUT2D eigenvalue weighted by Crippen LogP contribution is -2.61. The fourth-order valence-corrected chi connectivity index (χ4v) is 12.1. The molecule has 0 unspecified atom stereocenters. The second-order valence-corrected chi connectivity index (χ2v) is 26.2. The number of β-amino-alcohol motifs (C(OH)–C–C–N with tert-alkyl or cyclic N) is 1. The molecule has 2 aliphatic heterocycles. The van der Waals surface area contributed by atoms with Gasteiger partial charge in [-0.1, -0.05) is 116 Å². The van der Waals surface area contributed by atoms with Crippen molar-refractivity contribution >= 4 is 59.1 Å². The highest BCUT2D eigenvalue weighted by atomic mass is 16.3. The SMILES string of the molecule is CCCCCCCC(=O)N1CCC[C@H](C(=O)N[C@@H](Cc2ccccc2)C(=O)N[C@H](CCCN(C)C)C(=O)N[C@@H](CC(C)C)C(=O)N2C[C@H](O)C[C@H]2C(=O)N(C)[C@@H](CC(C)C)C(=O)N[C@H](C(=O)N[C@@H](CCCN=C(N)N)C(=O)NC2CCCCCC2)[C@@H](C)O)C1. The molecule has 24 heteroatoms. The van der Waals surface area contributed by atoms with E-state index in [1.807, 2.05) is 77.0 Å². The van der Waals surface area contributed by atoms with Crippen LogP contribution in [0.15, 0.2) is 35.3 Å². The van der Waals surface area contributed by atoms with Crippen LogP contribution in [0, 0.1) is 17.8 Å². The predicted molar refractivity (Wildman–Crippen MR) is 343 cm³/mol. The molecule has 1 aliphatic carbocycles. The smallest absolute Gasteiger partial charge is 0.245 e. The van der Waals surface area contributed by atoms with Crippen LogP contribution in [0.25, 0.3) is 0 Å². The summed E-state index contributed by atoms with van der Waals surface area (Å²) < 4.78 is 0. The normalized spacial score (nSPS) is 19.6. The number of nitrogens with zero attached hydrogens (tertiary/aromatic N) is 5. The van der Waals surface area contributed by atoms with Crippen molar-refractivity contribution in [2.24, 2.45) is 34.2 Å². The molecular weight excluding hydrogens is 1140 g/mol. The van der Waals surface area contributed by atoms with Gasteiger partial charge >= 0.3 is 0 Å². The number of likely N-dealkylation sites (N-methyl/N-ethyl adjacent to an activating group) is 1. The number of piperidine rings is 1. The highest BCUT2D eigenvalue weighted by Gasteiger charge is 2.45. The van der Waals surface area contributed by atoms with Gasteiger partial charge in [0.1, 0.15) is 42.3 Å².